The van der Waals surface area contributed by atoms with E-state index in [1.54, 1.807) is 24.3 Å². The number of hydrogen-bond donors (Lipinski definition) is 1. The monoisotopic (exact) mass is 394 g/mol. The molecule has 1 saturated heterocycles. The van der Waals surface area contributed by atoms with Crippen LogP contribution in [0.2, 0.25) is 5.02 Å². The molecule has 8 heteroatoms. The highest BCUT2D eigenvalue weighted by atomic mass is 35.5. The van der Waals surface area contributed by atoms with Crippen molar-refractivity contribution in [1.29, 1.82) is 0 Å². The van der Waals surface area contributed by atoms with Gasteiger partial charge in [-0.05, 0) is 38.5 Å². The Bertz CT molecular complexity index is 751. The van der Waals surface area contributed by atoms with Gasteiger partial charge >= 0.3 is 11.9 Å². The third kappa shape index (κ3) is 4.66. The minimum Gasteiger partial charge on any atom is -0.468 e. The number of nitrogens with zero attached hydrogens (tertiary/aromatic N) is 1. The maximum atomic E-state index is 12.8. The zero-order chi connectivity index (χ0) is 20.4. The van der Waals surface area contributed by atoms with Gasteiger partial charge in [0.1, 0.15) is 5.84 Å². The summed E-state index contributed by atoms with van der Waals surface area (Å²) in [7, 11) is 2.32. The van der Waals surface area contributed by atoms with Gasteiger partial charge in [-0.15, -0.1) is 0 Å². The molecule has 1 fully saturated rings. The topological polar surface area (TPSA) is 94.1 Å². The van der Waals surface area contributed by atoms with Crippen LogP contribution < -0.4 is 5.32 Å². The molecule has 1 heterocycles. The van der Waals surface area contributed by atoms with Gasteiger partial charge < -0.3 is 14.8 Å². The first-order valence-corrected chi connectivity index (χ1v) is 8.78. The second-order valence-electron chi connectivity index (χ2n) is 7.24. The number of esters is 2. The molecule has 27 heavy (non-hydrogen) atoms. The number of carbonyl (C=O) groups excluding carboxylic acids is 3. The van der Waals surface area contributed by atoms with Gasteiger partial charge in [-0.25, -0.2) is 0 Å². The second-order valence-corrected chi connectivity index (χ2v) is 7.67. The molecule has 2 unspecified atom stereocenters. The van der Waals surface area contributed by atoms with Crippen molar-refractivity contribution in [1.82, 2.24) is 5.32 Å². The lowest BCUT2D eigenvalue weighted by molar-refractivity contribution is -0.163. The molecule has 1 aromatic rings. The van der Waals surface area contributed by atoms with E-state index in [-0.39, 0.29) is 0 Å². The van der Waals surface area contributed by atoms with Gasteiger partial charge in [-0.3, -0.25) is 19.4 Å². The molecule has 0 saturated carbocycles. The van der Waals surface area contributed by atoms with E-state index < -0.39 is 41.1 Å². The van der Waals surface area contributed by atoms with Gasteiger partial charge in [-0.2, -0.15) is 0 Å². The number of amides is 1. The average Bonchev–Trinajstić information content (AvgIpc) is 2.89. The fourth-order valence-corrected chi connectivity index (χ4v) is 3.22. The fourth-order valence-electron chi connectivity index (χ4n) is 3.09. The molecule has 0 bridgehead atoms. The molecule has 2 rings (SSSR count). The van der Waals surface area contributed by atoms with Gasteiger partial charge in [0.05, 0.1) is 31.6 Å². The third-order valence-electron chi connectivity index (χ3n) is 4.16. The first-order chi connectivity index (χ1) is 12.6. The van der Waals surface area contributed by atoms with Crippen LogP contribution in [0.5, 0.6) is 0 Å². The van der Waals surface area contributed by atoms with E-state index in [9.17, 15) is 14.4 Å². The minimum absolute atomic E-state index is 0.387. The van der Waals surface area contributed by atoms with Crippen molar-refractivity contribution in [3.8, 4) is 0 Å². The van der Waals surface area contributed by atoms with Gasteiger partial charge in [0.2, 0.25) is 5.91 Å². The van der Waals surface area contributed by atoms with E-state index in [1.807, 2.05) is 20.8 Å². The Morgan fingerprint density at radius 3 is 2.07 bits per heavy atom. The van der Waals surface area contributed by atoms with Crippen LogP contribution in [0.1, 0.15) is 32.3 Å². The van der Waals surface area contributed by atoms with Crippen molar-refractivity contribution in [2.24, 2.45) is 16.8 Å². The molecule has 146 valence electrons. The molecule has 0 aliphatic carbocycles. The molecular formula is C19H23ClN2O5. The zero-order valence-electron chi connectivity index (χ0n) is 15.9. The first-order valence-electron chi connectivity index (χ1n) is 8.40. The number of ether oxygens (including phenoxy) is 2. The van der Waals surface area contributed by atoms with Crippen LogP contribution in [0.15, 0.2) is 29.3 Å². The smallest absolute Gasteiger partial charge is 0.320 e. The average molecular weight is 395 g/mol. The Hall–Kier alpha value is -2.41. The van der Waals surface area contributed by atoms with Gasteiger partial charge in [0.15, 0.2) is 5.92 Å². The molecule has 1 N–H and O–H groups in total. The SMILES string of the molecule is COC(=O)C(C(=O)OC)C1C(=O)NC(=NC(C)(C)C)C1c1ccc(Cl)cc1. The van der Waals surface area contributed by atoms with E-state index in [4.69, 9.17) is 21.1 Å². The Labute approximate surface area is 163 Å². The standard InChI is InChI=1S/C19H23ClN2O5/c1-19(2,3)22-15-12(10-6-8-11(20)9-7-10)13(16(23)21-15)14(17(24)26-4)18(25)27-5/h6-9,12-14H,1-5H3,(H,21,22,23). The van der Waals surface area contributed by atoms with Crippen LogP contribution in [-0.2, 0) is 23.9 Å². The summed E-state index contributed by atoms with van der Waals surface area (Å²) in [5.41, 5.74) is 0.220. The number of rotatable bonds is 4. The summed E-state index contributed by atoms with van der Waals surface area (Å²) < 4.78 is 9.51. The number of halogens is 1. The predicted octanol–water partition coefficient (Wildman–Crippen LogP) is 2.33. The molecule has 1 aliphatic rings. The Morgan fingerprint density at radius 1 is 1.11 bits per heavy atom. The molecule has 7 nitrogen and oxygen atoms in total. The molecule has 0 radical (unpaired) electrons. The summed E-state index contributed by atoms with van der Waals surface area (Å²) in [6.07, 6.45) is 0. The summed E-state index contributed by atoms with van der Waals surface area (Å²) in [5, 5.41) is 3.25. The Kier molecular flexibility index (Phi) is 6.26. The number of carbonyl (C=O) groups is 3. The molecule has 0 aromatic heterocycles. The van der Waals surface area contributed by atoms with E-state index in [0.29, 0.717) is 16.4 Å². The van der Waals surface area contributed by atoms with E-state index in [0.717, 1.165) is 14.2 Å². The lowest BCUT2D eigenvalue weighted by atomic mass is 9.79. The summed E-state index contributed by atoms with van der Waals surface area (Å²) in [5.74, 6) is -4.87. The van der Waals surface area contributed by atoms with Crippen molar-refractivity contribution < 1.29 is 23.9 Å². The van der Waals surface area contributed by atoms with E-state index in [2.05, 4.69) is 10.3 Å². The van der Waals surface area contributed by atoms with Crippen LogP contribution >= 0.6 is 11.6 Å². The normalized spacial score (nSPS) is 21.3. The van der Waals surface area contributed by atoms with Crippen LogP contribution in [0.3, 0.4) is 0 Å². The highest BCUT2D eigenvalue weighted by Gasteiger charge is 2.52. The molecule has 1 amide bonds. The maximum absolute atomic E-state index is 12.8. The van der Waals surface area contributed by atoms with Crippen LogP contribution in [0, 0.1) is 11.8 Å². The maximum Gasteiger partial charge on any atom is 0.320 e. The zero-order valence-corrected chi connectivity index (χ0v) is 16.7. The van der Waals surface area contributed by atoms with Gasteiger partial charge in [0, 0.05) is 5.02 Å². The molecule has 2 atom stereocenters. The van der Waals surface area contributed by atoms with Crippen molar-refractivity contribution in [3.05, 3.63) is 34.9 Å². The number of benzene rings is 1. The summed E-state index contributed by atoms with van der Waals surface area (Å²) in [4.78, 5) is 42.0. The Morgan fingerprint density at radius 2 is 1.63 bits per heavy atom. The molecular weight excluding hydrogens is 372 g/mol. The van der Waals surface area contributed by atoms with Crippen molar-refractivity contribution in [2.45, 2.75) is 32.2 Å². The molecule has 1 aromatic carbocycles. The summed E-state index contributed by atoms with van der Waals surface area (Å²) in [6.45, 7) is 5.66. The van der Waals surface area contributed by atoms with Crippen LogP contribution in [-0.4, -0.2) is 43.4 Å². The number of nitrogens with one attached hydrogen (secondary N) is 1. The van der Waals surface area contributed by atoms with Crippen LogP contribution in [0.25, 0.3) is 0 Å². The predicted molar refractivity (Wildman–Crippen MR) is 101 cm³/mol. The fraction of sp³-hybridized carbons (Fsp3) is 0.474. The lowest BCUT2D eigenvalue weighted by Gasteiger charge is -2.24. The Balaban J connectivity index is 2.63. The third-order valence-corrected chi connectivity index (χ3v) is 4.41. The van der Waals surface area contributed by atoms with Crippen molar-refractivity contribution >= 4 is 35.3 Å². The number of amidine groups is 1. The van der Waals surface area contributed by atoms with Crippen LogP contribution in [0.4, 0.5) is 0 Å². The quantitative estimate of drug-likeness (QED) is 0.624. The van der Waals surface area contributed by atoms with Crippen molar-refractivity contribution in [2.75, 3.05) is 14.2 Å². The summed E-state index contributed by atoms with van der Waals surface area (Å²) >= 11 is 5.97. The minimum atomic E-state index is -1.41. The lowest BCUT2D eigenvalue weighted by Crippen LogP contribution is -2.39. The highest BCUT2D eigenvalue weighted by Crippen LogP contribution is 2.38. The van der Waals surface area contributed by atoms with E-state index >= 15 is 0 Å². The number of aliphatic imine (C=N–C) groups is 1. The number of hydrogen-bond acceptors (Lipinski definition) is 6. The summed E-state index contributed by atoms with van der Waals surface area (Å²) in [6, 6.07) is 6.83. The second kappa shape index (κ2) is 8.08. The number of methoxy groups -OCH3 is 2. The highest BCUT2D eigenvalue weighted by molar-refractivity contribution is 6.30. The van der Waals surface area contributed by atoms with Gasteiger partial charge in [0.25, 0.3) is 0 Å². The van der Waals surface area contributed by atoms with E-state index in [1.165, 1.54) is 0 Å². The van der Waals surface area contributed by atoms with Gasteiger partial charge in [-0.1, -0.05) is 23.7 Å². The molecule has 1 aliphatic heterocycles. The molecule has 0 spiro atoms. The largest absolute Gasteiger partial charge is 0.468 e. The van der Waals surface area contributed by atoms with Crippen molar-refractivity contribution in [3.63, 3.8) is 0 Å². The first kappa shape index (κ1) is 20.9.